The Labute approximate surface area is 152 Å². The SMILES string of the molecule is CCCOc1ccc(CNC(=NC)NCCCSC)c(OC(F)F)c1. The molecule has 1 rings (SSSR count). The lowest BCUT2D eigenvalue weighted by Crippen LogP contribution is -2.37. The molecule has 0 saturated carbocycles. The molecule has 5 nitrogen and oxygen atoms in total. The summed E-state index contributed by atoms with van der Waals surface area (Å²) in [5.74, 6) is 2.31. The Balaban J connectivity index is 2.68. The molecule has 0 saturated heterocycles. The standard InChI is InChI=1S/C17H27F2N3O2S/c1-4-9-23-14-7-6-13(15(11-14)24-16(18)19)12-22-17(20-2)21-8-5-10-25-3/h6-7,11,16H,4-5,8-10,12H2,1-3H3,(H2,20,21,22). The Morgan fingerprint density at radius 1 is 1.32 bits per heavy atom. The van der Waals surface area contributed by atoms with Crippen molar-refractivity contribution in [3.63, 3.8) is 0 Å². The highest BCUT2D eigenvalue weighted by Gasteiger charge is 2.12. The molecule has 0 aliphatic heterocycles. The highest BCUT2D eigenvalue weighted by Crippen LogP contribution is 2.26. The normalized spacial score (nSPS) is 11.5. The van der Waals surface area contributed by atoms with Gasteiger partial charge in [0.15, 0.2) is 5.96 Å². The van der Waals surface area contributed by atoms with Crippen molar-refractivity contribution in [3.8, 4) is 11.5 Å². The maximum absolute atomic E-state index is 12.7. The van der Waals surface area contributed by atoms with Gasteiger partial charge in [0.05, 0.1) is 6.61 Å². The van der Waals surface area contributed by atoms with E-state index in [0.717, 1.165) is 25.1 Å². The van der Waals surface area contributed by atoms with Gasteiger partial charge in [0.1, 0.15) is 11.5 Å². The van der Waals surface area contributed by atoms with Crippen LogP contribution in [0.25, 0.3) is 0 Å². The molecule has 0 fully saturated rings. The van der Waals surface area contributed by atoms with E-state index in [4.69, 9.17) is 4.74 Å². The predicted octanol–water partition coefficient (Wildman–Crippen LogP) is 3.49. The van der Waals surface area contributed by atoms with E-state index in [2.05, 4.69) is 26.6 Å². The number of halogens is 2. The van der Waals surface area contributed by atoms with Crippen LogP contribution in [0.2, 0.25) is 0 Å². The van der Waals surface area contributed by atoms with Crippen LogP contribution in [0.1, 0.15) is 25.3 Å². The summed E-state index contributed by atoms with van der Waals surface area (Å²) in [6.45, 7) is 0.734. The Kier molecular flexibility index (Phi) is 10.8. The quantitative estimate of drug-likeness (QED) is 0.352. The number of rotatable bonds is 11. The van der Waals surface area contributed by atoms with Crippen molar-refractivity contribution in [3.05, 3.63) is 23.8 Å². The Bertz CT molecular complexity index is 531. The fraction of sp³-hybridized carbons (Fsp3) is 0.588. The van der Waals surface area contributed by atoms with Crippen molar-refractivity contribution < 1.29 is 18.3 Å². The van der Waals surface area contributed by atoms with Gasteiger partial charge in [0.25, 0.3) is 0 Å². The number of ether oxygens (including phenoxy) is 2. The molecule has 0 amide bonds. The van der Waals surface area contributed by atoms with Crippen molar-refractivity contribution in [2.24, 2.45) is 4.99 Å². The number of thioether (sulfide) groups is 1. The summed E-state index contributed by atoms with van der Waals surface area (Å²) in [5.41, 5.74) is 0.608. The van der Waals surface area contributed by atoms with Crippen LogP contribution in [0.5, 0.6) is 11.5 Å². The maximum Gasteiger partial charge on any atom is 0.387 e. The zero-order valence-electron chi connectivity index (χ0n) is 15.0. The number of alkyl halides is 2. The molecule has 1 aromatic rings. The van der Waals surface area contributed by atoms with E-state index in [-0.39, 0.29) is 5.75 Å². The predicted molar refractivity (Wildman–Crippen MR) is 100 cm³/mol. The summed E-state index contributed by atoms with van der Waals surface area (Å²) in [4.78, 5) is 4.12. The number of hydrogen-bond acceptors (Lipinski definition) is 4. The monoisotopic (exact) mass is 375 g/mol. The molecule has 0 unspecified atom stereocenters. The van der Waals surface area contributed by atoms with Gasteiger partial charge >= 0.3 is 6.61 Å². The van der Waals surface area contributed by atoms with Crippen LogP contribution in [0.3, 0.4) is 0 Å². The van der Waals surface area contributed by atoms with Crippen LogP contribution in [-0.2, 0) is 6.54 Å². The van der Waals surface area contributed by atoms with Gasteiger partial charge < -0.3 is 20.1 Å². The highest BCUT2D eigenvalue weighted by atomic mass is 32.2. The fourth-order valence-electron chi connectivity index (χ4n) is 2.02. The molecular weight excluding hydrogens is 348 g/mol. The minimum atomic E-state index is -2.89. The zero-order valence-corrected chi connectivity index (χ0v) is 15.8. The molecule has 0 spiro atoms. The van der Waals surface area contributed by atoms with Gasteiger partial charge in [0, 0.05) is 31.8 Å². The second-order valence-corrected chi connectivity index (χ2v) is 6.18. The third-order valence-electron chi connectivity index (χ3n) is 3.22. The van der Waals surface area contributed by atoms with Crippen LogP contribution < -0.4 is 20.1 Å². The van der Waals surface area contributed by atoms with E-state index < -0.39 is 6.61 Å². The Morgan fingerprint density at radius 2 is 2.12 bits per heavy atom. The first-order valence-electron chi connectivity index (χ1n) is 8.24. The first kappa shape index (κ1) is 21.3. The summed E-state index contributed by atoms with van der Waals surface area (Å²) in [5, 5.41) is 6.29. The number of aliphatic imine (C=N–C) groups is 1. The lowest BCUT2D eigenvalue weighted by molar-refractivity contribution is -0.0505. The third-order valence-corrected chi connectivity index (χ3v) is 3.91. The summed E-state index contributed by atoms with van der Waals surface area (Å²) in [6.07, 6.45) is 3.92. The van der Waals surface area contributed by atoms with Crippen molar-refractivity contribution in [1.82, 2.24) is 10.6 Å². The summed E-state index contributed by atoms with van der Waals surface area (Å²) >= 11 is 1.79. The minimum Gasteiger partial charge on any atom is -0.493 e. The summed E-state index contributed by atoms with van der Waals surface area (Å²) < 4.78 is 35.4. The van der Waals surface area contributed by atoms with E-state index in [9.17, 15) is 8.78 Å². The smallest absolute Gasteiger partial charge is 0.387 e. The molecule has 1 aromatic carbocycles. The van der Waals surface area contributed by atoms with E-state index >= 15 is 0 Å². The average molecular weight is 375 g/mol. The van der Waals surface area contributed by atoms with Gasteiger partial charge in [-0.1, -0.05) is 6.92 Å². The first-order chi connectivity index (χ1) is 12.1. The van der Waals surface area contributed by atoms with Crippen LogP contribution in [0.15, 0.2) is 23.2 Å². The molecule has 0 aromatic heterocycles. The first-order valence-corrected chi connectivity index (χ1v) is 9.64. The fourth-order valence-corrected chi connectivity index (χ4v) is 2.45. The van der Waals surface area contributed by atoms with Crippen molar-refractivity contribution >= 4 is 17.7 Å². The van der Waals surface area contributed by atoms with E-state index in [1.54, 1.807) is 30.9 Å². The van der Waals surface area contributed by atoms with Gasteiger partial charge in [-0.3, -0.25) is 4.99 Å². The summed E-state index contributed by atoms with van der Waals surface area (Å²) in [7, 11) is 1.67. The molecule has 0 aliphatic rings. The molecule has 2 N–H and O–H groups in total. The maximum atomic E-state index is 12.7. The highest BCUT2D eigenvalue weighted by molar-refractivity contribution is 7.98. The van der Waals surface area contributed by atoms with Crippen LogP contribution in [-0.4, -0.2) is 44.8 Å². The zero-order chi connectivity index (χ0) is 18.5. The van der Waals surface area contributed by atoms with E-state index in [1.807, 2.05) is 6.92 Å². The van der Waals surface area contributed by atoms with Crippen LogP contribution in [0.4, 0.5) is 8.78 Å². The van der Waals surface area contributed by atoms with Gasteiger partial charge in [-0.25, -0.2) is 0 Å². The molecule has 142 valence electrons. The number of nitrogens with one attached hydrogen (secondary N) is 2. The van der Waals surface area contributed by atoms with Gasteiger partial charge in [-0.2, -0.15) is 20.5 Å². The lowest BCUT2D eigenvalue weighted by atomic mass is 10.2. The molecular formula is C17H27F2N3O2S. The second kappa shape index (κ2) is 12.6. The van der Waals surface area contributed by atoms with Crippen molar-refractivity contribution in [2.75, 3.05) is 32.2 Å². The van der Waals surface area contributed by atoms with Crippen molar-refractivity contribution in [1.29, 1.82) is 0 Å². The summed E-state index contributed by atoms with van der Waals surface area (Å²) in [6, 6.07) is 4.96. The molecule has 8 heteroatoms. The lowest BCUT2D eigenvalue weighted by Gasteiger charge is -2.15. The second-order valence-electron chi connectivity index (χ2n) is 5.20. The van der Waals surface area contributed by atoms with E-state index in [1.165, 1.54) is 6.07 Å². The Hall–Kier alpha value is -1.70. The number of nitrogens with zero attached hydrogens (tertiary/aromatic N) is 1. The van der Waals surface area contributed by atoms with E-state index in [0.29, 0.717) is 30.4 Å². The molecule has 0 heterocycles. The topological polar surface area (TPSA) is 54.9 Å². The minimum absolute atomic E-state index is 0.105. The number of hydrogen-bond donors (Lipinski definition) is 2. The van der Waals surface area contributed by atoms with Gasteiger partial charge in [0.2, 0.25) is 0 Å². The Morgan fingerprint density at radius 3 is 2.76 bits per heavy atom. The third kappa shape index (κ3) is 8.81. The van der Waals surface area contributed by atoms with Crippen LogP contribution in [0, 0.1) is 0 Å². The molecule has 0 atom stereocenters. The van der Waals surface area contributed by atoms with Crippen LogP contribution >= 0.6 is 11.8 Å². The van der Waals surface area contributed by atoms with Gasteiger partial charge in [-0.15, -0.1) is 0 Å². The molecule has 0 radical (unpaired) electrons. The molecule has 0 aliphatic carbocycles. The largest absolute Gasteiger partial charge is 0.493 e. The molecule has 0 bridgehead atoms. The van der Waals surface area contributed by atoms with Gasteiger partial charge in [-0.05, 0) is 37.0 Å². The van der Waals surface area contributed by atoms with Crippen molar-refractivity contribution in [2.45, 2.75) is 32.9 Å². The molecule has 25 heavy (non-hydrogen) atoms. The number of benzene rings is 1. The number of guanidine groups is 1. The average Bonchev–Trinajstić information content (AvgIpc) is 2.60.